The van der Waals surface area contributed by atoms with Gasteiger partial charge in [-0.25, -0.2) is 8.42 Å². The Kier molecular flexibility index (Phi) is 2.77. The van der Waals surface area contributed by atoms with Crippen LogP contribution in [0.15, 0.2) is 29.4 Å². The van der Waals surface area contributed by atoms with E-state index >= 15 is 0 Å². The lowest BCUT2D eigenvalue weighted by Gasteiger charge is -1.97. The lowest BCUT2D eigenvalue weighted by Crippen LogP contribution is -1.98. The highest BCUT2D eigenvalue weighted by atomic mass is 35.7. The van der Waals surface area contributed by atoms with E-state index in [0.717, 1.165) is 5.57 Å². The maximum Gasteiger partial charge on any atom is 0.264 e. The Morgan fingerprint density at radius 3 is 2.77 bits per heavy atom. The highest BCUT2D eigenvalue weighted by molar-refractivity contribution is 8.13. The molecule has 0 aromatic carbocycles. The van der Waals surface area contributed by atoms with Crippen LogP contribution in [-0.4, -0.2) is 18.2 Å². The van der Waals surface area contributed by atoms with Gasteiger partial charge in [0.05, 0.1) is 12.7 Å². The van der Waals surface area contributed by atoms with E-state index in [1.165, 1.54) is 17.1 Å². The van der Waals surface area contributed by atoms with Gasteiger partial charge in [0.25, 0.3) is 9.05 Å². The van der Waals surface area contributed by atoms with Gasteiger partial charge in [-0.3, -0.25) is 4.68 Å². The molecule has 6 heteroatoms. The summed E-state index contributed by atoms with van der Waals surface area (Å²) in [5.74, 6) is 0. The first-order valence-corrected chi connectivity index (χ1v) is 5.82. The van der Waals surface area contributed by atoms with Crippen LogP contribution < -0.4 is 0 Å². The van der Waals surface area contributed by atoms with Crippen molar-refractivity contribution in [2.24, 2.45) is 0 Å². The van der Waals surface area contributed by atoms with Gasteiger partial charge in [-0.1, -0.05) is 12.2 Å². The summed E-state index contributed by atoms with van der Waals surface area (Å²) in [6.07, 6.45) is 2.59. The van der Waals surface area contributed by atoms with Crippen molar-refractivity contribution in [1.82, 2.24) is 9.78 Å². The van der Waals surface area contributed by atoms with Crippen LogP contribution in [0.1, 0.15) is 6.92 Å². The molecule has 0 spiro atoms. The van der Waals surface area contributed by atoms with Crippen LogP contribution in [0.5, 0.6) is 0 Å². The molecule has 0 saturated heterocycles. The van der Waals surface area contributed by atoms with Gasteiger partial charge < -0.3 is 0 Å². The van der Waals surface area contributed by atoms with Crippen molar-refractivity contribution in [3.63, 3.8) is 0 Å². The SMILES string of the molecule is C=C(C)Cn1cc(S(=O)(=O)Cl)cn1. The predicted molar refractivity (Wildman–Crippen MR) is 50.1 cm³/mol. The molecule has 0 aliphatic heterocycles. The first-order chi connectivity index (χ1) is 5.89. The van der Waals surface area contributed by atoms with Gasteiger partial charge in [0.2, 0.25) is 0 Å². The zero-order valence-electron chi connectivity index (χ0n) is 7.07. The van der Waals surface area contributed by atoms with Crippen LogP contribution in [-0.2, 0) is 15.6 Å². The van der Waals surface area contributed by atoms with Gasteiger partial charge >= 0.3 is 0 Å². The van der Waals surface area contributed by atoms with Crippen molar-refractivity contribution in [2.45, 2.75) is 18.4 Å². The molecule has 0 saturated carbocycles. The Bertz CT molecular complexity index is 421. The fourth-order valence-electron chi connectivity index (χ4n) is 0.834. The lowest BCUT2D eigenvalue weighted by atomic mass is 10.4. The fourth-order valence-corrected chi connectivity index (χ4v) is 1.49. The molecule has 0 radical (unpaired) electrons. The van der Waals surface area contributed by atoms with Gasteiger partial charge in [0.1, 0.15) is 4.90 Å². The second-order valence-electron chi connectivity index (χ2n) is 2.77. The van der Waals surface area contributed by atoms with E-state index in [2.05, 4.69) is 11.7 Å². The van der Waals surface area contributed by atoms with Gasteiger partial charge in [-0.05, 0) is 6.92 Å². The van der Waals surface area contributed by atoms with Crippen molar-refractivity contribution >= 4 is 19.7 Å². The predicted octanol–water partition coefficient (Wildman–Crippen LogP) is 1.39. The first-order valence-electron chi connectivity index (χ1n) is 3.51. The molecule has 1 aromatic rings. The molecule has 0 bridgehead atoms. The third-order valence-electron chi connectivity index (χ3n) is 1.32. The first kappa shape index (κ1) is 10.3. The number of hydrogen-bond acceptors (Lipinski definition) is 3. The van der Waals surface area contributed by atoms with Crippen molar-refractivity contribution in [2.75, 3.05) is 0 Å². The second-order valence-corrected chi connectivity index (χ2v) is 5.33. The van der Waals surface area contributed by atoms with Gasteiger partial charge in [0, 0.05) is 16.9 Å². The number of nitrogens with zero attached hydrogens (tertiary/aromatic N) is 2. The molecule has 0 atom stereocenters. The third kappa shape index (κ3) is 2.86. The van der Waals surface area contributed by atoms with E-state index in [4.69, 9.17) is 10.7 Å². The van der Waals surface area contributed by atoms with Crippen LogP contribution in [0.2, 0.25) is 0 Å². The molecule has 0 amide bonds. The van der Waals surface area contributed by atoms with Crippen LogP contribution in [0.4, 0.5) is 0 Å². The standard InChI is InChI=1S/C7H9ClN2O2S/c1-6(2)4-10-5-7(3-9-10)13(8,11)12/h3,5H,1,4H2,2H3. The molecule has 0 fully saturated rings. The van der Waals surface area contributed by atoms with E-state index < -0.39 is 9.05 Å². The highest BCUT2D eigenvalue weighted by Crippen LogP contribution is 2.13. The van der Waals surface area contributed by atoms with Gasteiger partial charge in [-0.2, -0.15) is 5.10 Å². The Morgan fingerprint density at radius 1 is 1.77 bits per heavy atom. The maximum absolute atomic E-state index is 10.8. The average Bonchev–Trinajstić information content (AvgIpc) is 2.32. The zero-order valence-corrected chi connectivity index (χ0v) is 8.64. The molecule has 0 aliphatic carbocycles. The minimum atomic E-state index is -3.66. The highest BCUT2D eigenvalue weighted by Gasteiger charge is 2.12. The Morgan fingerprint density at radius 2 is 2.38 bits per heavy atom. The second kappa shape index (κ2) is 3.51. The minimum absolute atomic E-state index is 0.00965. The molecule has 1 heterocycles. The molecule has 0 aliphatic rings. The van der Waals surface area contributed by atoms with E-state index in [0.29, 0.717) is 6.54 Å². The molecule has 4 nitrogen and oxygen atoms in total. The Labute approximate surface area is 81.2 Å². The largest absolute Gasteiger partial charge is 0.267 e. The molecule has 13 heavy (non-hydrogen) atoms. The number of aromatic nitrogens is 2. The third-order valence-corrected chi connectivity index (χ3v) is 2.63. The Balaban J connectivity index is 2.94. The lowest BCUT2D eigenvalue weighted by molar-refractivity contribution is 0.609. The molecule has 72 valence electrons. The van der Waals surface area contributed by atoms with Crippen molar-refractivity contribution < 1.29 is 8.42 Å². The average molecular weight is 221 g/mol. The summed E-state index contributed by atoms with van der Waals surface area (Å²) >= 11 is 0. The van der Waals surface area contributed by atoms with Crippen LogP contribution in [0.25, 0.3) is 0 Å². The topological polar surface area (TPSA) is 52.0 Å². The number of hydrogen-bond donors (Lipinski definition) is 0. The van der Waals surface area contributed by atoms with E-state index in [9.17, 15) is 8.42 Å². The number of halogens is 1. The van der Waals surface area contributed by atoms with E-state index in [-0.39, 0.29) is 4.90 Å². The monoisotopic (exact) mass is 220 g/mol. The fraction of sp³-hybridized carbons (Fsp3) is 0.286. The van der Waals surface area contributed by atoms with E-state index in [1.807, 2.05) is 6.92 Å². The Hall–Kier alpha value is -0.810. The van der Waals surface area contributed by atoms with Crippen molar-refractivity contribution in [3.8, 4) is 0 Å². The molecule has 1 rings (SSSR count). The number of allylic oxidation sites excluding steroid dienone is 1. The number of rotatable bonds is 3. The summed E-state index contributed by atoms with van der Waals surface area (Å²) < 4.78 is 23.1. The van der Waals surface area contributed by atoms with Crippen LogP contribution >= 0.6 is 10.7 Å². The van der Waals surface area contributed by atoms with Crippen molar-refractivity contribution in [3.05, 3.63) is 24.5 Å². The minimum Gasteiger partial charge on any atom is -0.267 e. The summed E-state index contributed by atoms with van der Waals surface area (Å²) in [5, 5.41) is 3.82. The summed E-state index contributed by atoms with van der Waals surface area (Å²) in [7, 11) is 1.45. The quantitative estimate of drug-likeness (QED) is 0.571. The van der Waals surface area contributed by atoms with Crippen molar-refractivity contribution in [1.29, 1.82) is 0 Å². The molecule has 0 N–H and O–H groups in total. The summed E-state index contributed by atoms with van der Waals surface area (Å²) in [6.45, 7) is 6.00. The summed E-state index contributed by atoms with van der Waals surface area (Å²) in [5.41, 5.74) is 0.890. The molecular weight excluding hydrogens is 212 g/mol. The molecular formula is C7H9ClN2O2S. The normalized spacial score (nSPS) is 11.5. The zero-order chi connectivity index (χ0) is 10.1. The molecule has 1 aromatic heterocycles. The summed E-state index contributed by atoms with van der Waals surface area (Å²) in [6, 6.07) is 0. The van der Waals surface area contributed by atoms with Crippen LogP contribution in [0.3, 0.4) is 0 Å². The van der Waals surface area contributed by atoms with Crippen LogP contribution in [0, 0.1) is 0 Å². The smallest absolute Gasteiger partial charge is 0.264 e. The maximum atomic E-state index is 10.8. The van der Waals surface area contributed by atoms with Gasteiger partial charge in [0.15, 0.2) is 0 Å². The summed E-state index contributed by atoms with van der Waals surface area (Å²) in [4.78, 5) is 0.00965. The van der Waals surface area contributed by atoms with Gasteiger partial charge in [-0.15, -0.1) is 0 Å². The molecule has 0 unspecified atom stereocenters. The van der Waals surface area contributed by atoms with E-state index in [1.54, 1.807) is 0 Å².